The molecule has 0 aromatic heterocycles. The summed E-state index contributed by atoms with van der Waals surface area (Å²) in [5.74, 6) is 0.353. The lowest BCUT2D eigenvalue weighted by Gasteiger charge is -2.39. The molecular weight excluding hydrogens is 260 g/mol. The van der Waals surface area contributed by atoms with Crippen LogP contribution in [-0.2, 0) is 21.6 Å². The number of benzene rings is 1. The van der Waals surface area contributed by atoms with Crippen molar-refractivity contribution in [1.29, 1.82) is 0 Å². The third-order valence-corrected chi connectivity index (χ3v) is 4.04. The van der Waals surface area contributed by atoms with Gasteiger partial charge in [-0.05, 0) is 36.1 Å². The minimum Gasteiger partial charge on any atom is -0.493 e. The average molecular weight is 280 g/mol. The van der Waals surface area contributed by atoms with Gasteiger partial charge in [0.05, 0.1) is 26.2 Å². The zero-order chi connectivity index (χ0) is 14.8. The Balaban J connectivity index is 2.57. The van der Waals surface area contributed by atoms with Crippen LogP contribution < -0.4 is 9.47 Å². The molecule has 5 heteroatoms. The van der Waals surface area contributed by atoms with Gasteiger partial charge in [0.15, 0.2) is 11.5 Å². The van der Waals surface area contributed by atoms with Crippen molar-refractivity contribution in [3.63, 3.8) is 0 Å². The monoisotopic (exact) mass is 280 g/mol. The van der Waals surface area contributed by atoms with E-state index in [2.05, 4.69) is 0 Å². The summed E-state index contributed by atoms with van der Waals surface area (Å²) in [6.45, 7) is 0.352. The fourth-order valence-electron chi connectivity index (χ4n) is 2.77. The predicted molar refractivity (Wildman–Crippen MR) is 73.4 cm³/mol. The van der Waals surface area contributed by atoms with E-state index in [1.807, 2.05) is 0 Å². The van der Waals surface area contributed by atoms with Crippen LogP contribution in [0.1, 0.15) is 30.4 Å². The molecule has 0 heterocycles. The molecule has 1 aliphatic carbocycles. The molecule has 110 valence electrons. The van der Waals surface area contributed by atoms with Crippen LogP contribution in [0.4, 0.5) is 0 Å². The zero-order valence-corrected chi connectivity index (χ0v) is 12.1. The molecule has 0 aliphatic heterocycles. The maximum Gasteiger partial charge on any atom is 0.314 e. The Bertz CT molecular complexity index is 505. The molecule has 0 saturated heterocycles. The fraction of sp³-hybridized carbons (Fsp3) is 0.533. The molecule has 0 atom stereocenters. The van der Waals surface area contributed by atoms with Gasteiger partial charge in [-0.15, -0.1) is 0 Å². The van der Waals surface area contributed by atoms with E-state index in [4.69, 9.17) is 14.2 Å². The molecule has 1 fully saturated rings. The van der Waals surface area contributed by atoms with E-state index < -0.39 is 11.4 Å². The molecular formula is C15H20O5. The maximum absolute atomic E-state index is 11.7. The van der Waals surface area contributed by atoms with E-state index in [-0.39, 0.29) is 0 Å². The highest BCUT2D eigenvalue weighted by Gasteiger charge is 2.47. The van der Waals surface area contributed by atoms with Crippen molar-refractivity contribution >= 4 is 5.97 Å². The standard InChI is InChI=1S/C15H20O5/c1-18-9-10-7-12(19-2)13(20-3)8-11(10)15(14(16)17)5-4-6-15/h7-8H,4-6,9H2,1-3H3,(H,16,17). The van der Waals surface area contributed by atoms with Crippen molar-refractivity contribution < 1.29 is 24.1 Å². The van der Waals surface area contributed by atoms with Gasteiger partial charge in [-0.3, -0.25) is 4.79 Å². The van der Waals surface area contributed by atoms with Crippen molar-refractivity contribution in [1.82, 2.24) is 0 Å². The predicted octanol–water partition coefficient (Wildman–Crippen LogP) is 2.36. The van der Waals surface area contributed by atoms with Crippen LogP contribution in [0.15, 0.2) is 12.1 Å². The summed E-state index contributed by atoms with van der Waals surface area (Å²) in [4.78, 5) is 11.7. The van der Waals surface area contributed by atoms with Gasteiger partial charge in [0, 0.05) is 7.11 Å². The number of ether oxygens (including phenoxy) is 3. The lowest BCUT2D eigenvalue weighted by atomic mass is 9.63. The normalized spacial score (nSPS) is 16.4. The third kappa shape index (κ3) is 2.22. The quantitative estimate of drug-likeness (QED) is 0.866. The van der Waals surface area contributed by atoms with E-state index in [9.17, 15) is 9.90 Å². The number of carboxylic acids is 1. The highest BCUT2D eigenvalue weighted by Crippen LogP contribution is 2.48. The fourth-order valence-corrected chi connectivity index (χ4v) is 2.77. The SMILES string of the molecule is COCc1cc(OC)c(OC)cc1C1(C(=O)O)CCC1. The zero-order valence-electron chi connectivity index (χ0n) is 12.1. The molecule has 1 aliphatic rings. The van der Waals surface area contributed by atoms with Crippen LogP contribution in [-0.4, -0.2) is 32.4 Å². The van der Waals surface area contributed by atoms with Gasteiger partial charge < -0.3 is 19.3 Å². The van der Waals surface area contributed by atoms with Gasteiger partial charge >= 0.3 is 5.97 Å². The number of methoxy groups -OCH3 is 3. The Morgan fingerprint density at radius 2 is 1.80 bits per heavy atom. The lowest BCUT2D eigenvalue weighted by Crippen LogP contribution is -2.43. The van der Waals surface area contributed by atoms with E-state index in [1.54, 1.807) is 33.5 Å². The first-order valence-electron chi connectivity index (χ1n) is 6.56. The van der Waals surface area contributed by atoms with Gasteiger partial charge in [-0.2, -0.15) is 0 Å². The van der Waals surface area contributed by atoms with Gasteiger partial charge in [0.1, 0.15) is 0 Å². The molecule has 1 N–H and O–H groups in total. The summed E-state index contributed by atoms with van der Waals surface area (Å²) < 4.78 is 15.8. The summed E-state index contributed by atoms with van der Waals surface area (Å²) in [5, 5.41) is 9.61. The van der Waals surface area contributed by atoms with Crippen LogP contribution in [0.3, 0.4) is 0 Å². The Hall–Kier alpha value is -1.75. The number of hydrogen-bond donors (Lipinski definition) is 1. The molecule has 1 saturated carbocycles. The largest absolute Gasteiger partial charge is 0.493 e. The van der Waals surface area contributed by atoms with Crippen molar-refractivity contribution in [2.75, 3.05) is 21.3 Å². The summed E-state index contributed by atoms with van der Waals surface area (Å²) in [6, 6.07) is 3.58. The first-order valence-corrected chi connectivity index (χ1v) is 6.56. The van der Waals surface area contributed by atoms with Crippen LogP contribution in [0.5, 0.6) is 11.5 Å². The highest BCUT2D eigenvalue weighted by molar-refractivity contribution is 5.83. The molecule has 0 radical (unpaired) electrons. The van der Waals surface area contributed by atoms with Crippen LogP contribution in [0.2, 0.25) is 0 Å². The van der Waals surface area contributed by atoms with Crippen LogP contribution in [0.25, 0.3) is 0 Å². The Labute approximate surface area is 118 Å². The minimum absolute atomic E-state index is 0.352. The Morgan fingerprint density at radius 3 is 2.20 bits per heavy atom. The Kier molecular flexibility index (Phi) is 4.18. The molecule has 1 aromatic rings. The van der Waals surface area contributed by atoms with Crippen molar-refractivity contribution in [2.45, 2.75) is 31.3 Å². The third-order valence-electron chi connectivity index (χ3n) is 4.04. The van der Waals surface area contributed by atoms with Crippen molar-refractivity contribution in [2.24, 2.45) is 0 Å². The topological polar surface area (TPSA) is 65.0 Å². The molecule has 0 amide bonds. The molecule has 0 unspecified atom stereocenters. The minimum atomic E-state index is -0.812. The van der Waals surface area contributed by atoms with E-state index in [0.717, 1.165) is 17.5 Å². The van der Waals surface area contributed by atoms with Crippen LogP contribution in [0, 0.1) is 0 Å². The van der Waals surface area contributed by atoms with Gasteiger partial charge in [0.2, 0.25) is 0 Å². The van der Waals surface area contributed by atoms with Crippen molar-refractivity contribution in [3.8, 4) is 11.5 Å². The Morgan fingerprint density at radius 1 is 1.20 bits per heavy atom. The molecule has 1 aromatic carbocycles. The number of carbonyl (C=O) groups is 1. The second kappa shape index (κ2) is 5.71. The van der Waals surface area contributed by atoms with Gasteiger partial charge in [-0.25, -0.2) is 0 Å². The molecule has 0 bridgehead atoms. The van der Waals surface area contributed by atoms with Gasteiger partial charge in [0.25, 0.3) is 0 Å². The van der Waals surface area contributed by atoms with Crippen LogP contribution >= 0.6 is 0 Å². The highest BCUT2D eigenvalue weighted by atomic mass is 16.5. The number of aliphatic carboxylic acids is 1. The second-order valence-electron chi connectivity index (χ2n) is 5.04. The average Bonchev–Trinajstić information content (AvgIpc) is 2.38. The maximum atomic E-state index is 11.7. The molecule has 20 heavy (non-hydrogen) atoms. The van der Waals surface area contributed by atoms with Crippen molar-refractivity contribution in [3.05, 3.63) is 23.3 Å². The smallest absolute Gasteiger partial charge is 0.314 e. The lowest BCUT2D eigenvalue weighted by molar-refractivity contribution is -0.147. The summed E-state index contributed by atoms with van der Waals surface area (Å²) in [5.41, 5.74) is 0.802. The first-order chi connectivity index (χ1) is 9.58. The molecule has 2 rings (SSSR count). The van der Waals surface area contributed by atoms with E-state index >= 15 is 0 Å². The van der Waals surface area contributed by atoms with Gasteiger partial charge in [-0.1, -0.05) is 6.42 Å². The number of carboxylic acid groups (broad SMARTS) is 1. The molecule has 5 nitrogen and oxygen atoms in total. The second-order valence-corrected chi connectivity index (χ2v) is 5.04. The summed E-state index contributed by atoms with van der Waals surface area (Å²) in [6.07, 6.45) is 2.22. The van der Waals surface area contributed by atoms with E-state index in [0.29, 0.717) is 30.9 Å². The summed E-state index contributed by atoms with van der Waals surface area (Å²) in [7, 11) is 4.70. The first kappa shape index (κ1) is 14.7. The van der Waals surface area contributed by atoms with E-state index in [1.165, 1.54) is 0 Å². The molecule has 0 spiro atoms. The number of rotatable bonds is 6. The number of hydrogen-bond acceptors (Lipinski definition) is 4. The summed E-state index contributed by atoms with van der Waals surface area (Å²) >= 11 is 0.